The predicted molar refractivity (Wildman–Crippen MR) is 87.7 cm³/mol. The Kier molecular flexibility index (Phi) is 9.21. The van der Waals surface area contributed by atoms with Gasteiger partial charge in [0.25, 0.3) is 5.91 Å². The third-order valence-electron chi connectivity index (χ3n) is 3.31. The summed E-state index contributed by atoms with van der Waals surface area (Å²) in [5.41, 5.74) is 11.7. The van der Waals surface area contributed by atoms with Gasteiger partial charge in [-0.3, -0.25) is 9.59 Å². The highest BCUT2D eigenvalue weighted by Crippen LogP contribution is 2.13. The first-order valence-electron chi connectivity index (χ1n) is 6.97. The summed E-state index contributed by atoms with van der Waals surface area (Å²) in [6, 6.07) is 6.60. The van der Waals surface area contributed by atoms with Crippen LogP contribution in [-0.2, 0) is 16.1 Å². The smallest absolute Gasteiger partial charge is 0.255 e. The van der Waals surface area contributed by atoms with Gasteiger partial charge in [-0.1, -0.05) is 32.4 Å². The van der Waals surface area contributed by atoms with E-state index in [4.69, 9.17) is 16.2 Å². The molecular weight excluding hydrogens is 306 g/mol. The lowest BCUT2D eigenvalue weighted by Crippen LogP contribution is -2.44. The molecule has 1 aromatic carbocycles. The molecule has 2 unspecified atom stereocenters. The molecule has 7 heteroatoms. The normalized spacial score (nSPS) is 12.7. The first kappa shape index (κ1) is 20.2. The van der Waals surface area contributed by atoms with Gasteiger partial charge < -0.3 is 21.5 Å². The van der Waals surface area contributed by atoms with Crippen molar-refractivity contribution in [2.24, 2.45) is 17.4 Å². The van der Waals surface area contributed by atoms with E-state index in [1.165, 1.54) is 0 Å². The molecule has 22 heavy (non-hydrogen) atoms. The number of carbonyl (C=O) groups excluding carboxylic acids is 2. The predicted octanol–water partition coefficient (Wildman–Crippen LogP) is 0.962. The van der Waals surface area contributed by atoms with Gasteiger partial charge in [0.2, 0.25) is 5.91 Å². The van der Waals surface area contributed by atoms with Gasteiger partial charge in [0.05, 0.1) is 6.04 Å². The SMILES string of the molecule is CCC(C)C(N)C(=O)NCc1cccc(OCC(N)=O)c1.Cl. The number of amides is 2. The molecule has 0 spiro atoms. The van der Waals surface area contributed by atoms with Crippen LogP contribution >= 0.6 is 12.4 Å². The molecule has 0 aromatic heterocycles. The summed E-state index contributed by atoms with van der Waals surface area (Å²) in [5, 5.41) is 2.79. The number of nitrogens with two attached hydrogens (primary N) is 2. The van der Waals surface area contributed by atoms with Crippen LogP contribution in [0.3, 0.4) is 0 Å². The van der Waals surface area contributed by atoms with Gasteiger partial charge in [-0.2, -0.15) is 0 Å². The van der Waals surface area contributed by atoms with Gasteiger partial charge in [0.1, 0.15) is 5.75 Å². The van der Waals surface area contributed by atoms with Crippen molar-refractivity contribution in [1.29, 1.82) is 0 Å². The Bertz CT molecular complexity index is 497. The Balaban J connectivity index is 0.00000441. The van der Waals surface area contributed by atoms with Crippen LogP contribution in [0.4, 0.5) is 0 Å². The monoisotopic (exact) mass is 329 g/mol. The average Bonchev–Trinajstić information content (AvgIpc) is 2.49. The average molecular weight is 330 g/mol. The third-order valence-corrected chi connectivity index (χ3v) is 3.31. The standard InChI is InChI=1S/C15H23N3O3.ClH/c1-3-10(2)14(17)15(20)18-8-11-5-4-6-12(7-11)21-9-13(16)19;/h4-7,10,14H,3,8-9,17H2,1-2H3,(H2,16,19)(H,18,20);1H. The van der Waals surface area contributed by atoms with Crippen LogP contribution in [0.5, 0.6) is 5.75 Å². The van der Waals surface area contributed by atoms with Crippen molar-refractivity contribution in [3.63, 3.8) is 0 Å². The van der Waals surface area contributed by atoms with E-state index in [0.717, 1.165) is 12.0 Å². The van der Waals surface area contributed by atoms with Crippen molar-refractivity contribution in [3.8, 4) is 5.75 Å². The van der Waals surface area contributed by atoms with Crippen LogP contribution in [0.1, 0.15) is 25.8 Å². The van der Waals surface area contributed by atoms with Gasteiger partial charge in [-0.05, 0) is 23.6 Å². The molecule has 0 fully saturated rings. The second kappa shape index (κ2) is 10.0. The summed E-state index contributed by atoms with van der Waals surface area (Å²) in [6.45, 7) is 4.13. The van der Waals surface area contributed by atoms with Crippen LogP contribution in [0.15, 0.2) is 24.3 Å². The quantitative estimate of drug-likeness (QED) is 0.660. The van der Waals surface area contributed by atoms with Crippen molar-refractivity contribution >= 4 is 24.2 Å². The number of ether oxygens (including phenoxy) is 1. The zero-order chi connectivity index (χ0) is 15.8. The summed E-state index contributed by atoms with van der Waals surface area (Å²) in [7, 11) is 0. The second-order valence-electron chi connectivity index (χ2n) is 5.03. The number of rotatable bonds is 8. The highest BCUT2D eigenvalue weighted by atomic mass is 35.5. The largest absolute Gasteiger partial charge is 0.484 e. The van der Waals surface area contributed by atoms with Crippen LogP contribution in [0.25, 0.3) is 0 Å². The Morgan fingerprint density at radius 1 is 1.36 bits per heavy atom. The number of carbonyl (C=O) groups is 2. The van der Waals surface area contributed by atoms with E-state index < -0.39 is 11.9 Å². The molecule has 0 heterocycles. The molecule has 0 saturated carbocycles. The Hall–Kier alpha value is -1.79. The lowest BCUT2D eigenvalue weighted by molar-refractivity contribution is -0.123. The molecule has 0 aliphatic carbocycles. The summed E-state index contributed by atoms with van der Waals surface area (Å²) in [5.74, 6) is -0.0388. The van der Waals surface area contributed by atoms with Crippen molar-refractivity contribution in [2.45, 2.75) is 32.9 Å². The summed E-state index contributed by atoms with van der Waals surface area (Å²) in [6.07, 6.45) is 0.852. The van der Waals surface area contributed by atoms with E-state index in [9.17, 15) is 9.59 Å². The Morgan fingerprint density at radius 3 is 2.64 bits per heavy atom. The second-order valence-corrected chi connectivity index (χ2v) is 5.03. The van der Waals surface area contributed by atoms with Crippen molar-refractivity contribution in [2.75, 3.05) is 6.61 Å². The maximum atomic E-state index is 11.9. The molecule has 5 N–H and O–H groups in total. The fourth-order valence-electron chi connectivity index (χ4n) is 1.72. The molecule has 0 aliphatic rings. The minimum Gasteiger partial charge on any atom is -0.484 e. The zero-order valence-electron chi connectivity index (χ0n) is 12.9. The number of primary amides is 1. The summed E-state index contributed by atoms with van der Waals surface area (Å²) >= 11 is 0. The van der Waals surface area contributed by atoms with E-state index in [0.29, 0.717) is 12.3 Å². The molecule has 0 bridgehead atoms. The topological polar surface area (TPSA) is 107 Å². The lowest BCUT2D eigenvalue weighted by Gasteiger charge is -2.17. The van der Waals surface area contributed by atoms with Gasteiger partial charge in [-0.25, -0.2) is 0 Å². The maximum absolute atomic E-state index is 11.9. The number of benzene rings is 1. The molecule has 2 amide bonds. The molecular formula is C15H24ClN3O3. The van der Waals surface area contributed by atoms with Gasteiger partial charge in [0, 0.05) is 6.54 Å². The lowest BCUT2D eigenvalue weighted by atomic mass is 9.99. The first-order valence-corrected chi connectivity index (χ1v) is 6.97. The highest BCUT2D eigenvalue weighted by Gasteiger charge is 2.18. The zero-order valence-corrected chi connectivity index (χ0v) is 13.7. The highest BCUT2D eigenvalue weighted by molar-refractivity contribution is 5.85. The molecule has 1 aromatic rings. The summed E-state index contributed by atoms with van der Waals surface area (Å²) < 4.78 is 5.21. The van der Waals surface area contributed by atoms with E-state index in [2.05, 4.69) is 5.32 Å². The van der Waals surface area contributed by atoms with Crippen LogP contribution in [-0.4, -0.2) is 24.5 Å². The number of hydrogen-bond acceptors (Lipinski definition) is 4. The fraction of sp³-hybridized carbons (Fsp3) is 0.467. The minimum absolute atomic E-state index is 0. The van der Waals surface area contributed by atoms with E-state index in [1.807, 2.05) is 19.9 Å². The number of halogens is 1. The van der Waals surface area contributed by atoms with Gasteiger partial charge >= 0.3 is 0 Å². The number of nitrogens with one attached hydrogen (secondary N) is 1. The van der Waals surface area contributed by atoms with Crippen LogP contribution in [0.2, 0.25) is 0 Å². The molecule has 124 valence electrons. The molecule has 6 nitrogen and oxygen atoms in total. The van der Waals surface area contributed by atoms with Gasteiger partial charge in [0.15, 0.2) is 6.61 Å². The molecule has 1 rings (SSSR count). The molecule has 2 atom stereocenters. The fourth-order valence-corrected chi connectivity index (χ4v) is 1.72. The molecule has 0 saturated heterocycles. The van der Waals surface area contributed by atoms with Crippen molar-refractivity contribution in [3.05, 3.63) is 29.8 Å². The van der Waals surface area contributed by atoms with Crippen LogP contribution < -0.4 is 21.5 Å². The molecule has 0 aliphatic heterocycles. The maximum Gasteiger partial charge on any atom is 0.255 e. The van der Waals surface area contributed by atoms with E-state index >= 15 is 0 Å². The van der Waals surface area contributed by atoms with Crippen molar-refractivity contribution in [1.82, 2.24) is 5.32 Å². The molecule has 0 radical (unpaired) electrons. The Morgan fingerprint density at radius 2 is 2.05 bits per heavy atom. The van der Waals surface area contributed by atoms with Gasteiger partial charge in [-0.15, -0.1) is 12.4 Å². The number of hydrogen-bond donors (Lipinski definition) is 3. The third kappa shape index (κ3) is 6.78. The first-order chi connectivity index (χ1) is 9.93. The Labute approximate surface area is 137 Å². The summed E-state index contributed by atoms with van der Waals surface area (Å²) in [4.78, 5) is 22.6. The minimum atomic E-state index is -0.534. The van der Waals surface area contributed by atoms with E-state index in [-0.39, 0.29) is 30.8 Å². The van der Waals surface area contributed by atoms with E-state index in [1.54, 1.807) is 18.2 Å². The van der Waals surface area contributed by atoms with Crippen molar-refractivity contribution < 1.29 is 14.3 Å². The van der Waals surface area contributed by atoms with Crippen LogP contribution in [0, 0.1) is 5.92 Å².